The van der Waals surface area contributed by atoms with Gasteiger partial charge in [0.15, 0.2) is 0 Å². The van der Waals surface area contributed by atoms with E-state index >= 15 is 0 Å². The molecule has 9 heavy (non-hydrogen) atoms. The molecule has 0 aliphatic carbocycles. The van der Waals surface area contributed by atoms with E-state index in [0.717, 1.165) is 0 Å². The van der Waals surface area contributed by atoms with Gasteiger partial charge in [0.2, 0.25) is 0 Å². The molecule has 0 aromatic carbocycles. The van der Waals surface area contributed by atoms with Gasteiger partial charge in [0, 0.05) is 0 Å². The Labute approximate surface area is 59.0 Å². The normalized spacial score (nSPS) is 9.22. The van der Waals surface area contributed by atoms with Crippen molar-refractivity contribution in [2.75, 3.05) is 0 Å². The van der Waals surface area contributed by atoms with Crippen molar-refractivity contribution < 1.29 is 0 Å². The summed E-state index contributed by atoms with van der Waals surface area (Å²) in [7, 11) is 0. The highest BCUT2D eigenvalue weighted by Gasteiger charge is 1.88. The molecule has 0 spiro atoms. The van der Waals surface area contributed by atoms with Crippen LogP contribution >= 0.6 is 0 Å². The first kappa shape index (κ1) is 8.61. The fourth-order valence-corrected chi connectivity index (χ4v) is 0.655. The van der Waals surface area contributed by atoms with Crippen LogP contribution in [0.4, 0.5) is 0 Å². The highest BCUT2D eigenvalue weighted by atomic mass is 14.0. The molecular weight excluding hydrogens is 108 g/mol. The Balaban J connectivity index is 3.27. The molecule has 54 valence electrons. The predicted molar refractivity (Wildman–Crippen MR) is 43.3 cm³/mol. The monoisotopic (exact) mass is 125 g/mol. The molecule has 0 saturated heterocycles. The zero-order valence-electron chi connectivity index (χ0n) is 6.83. The van der Waals surface area contributed by atoms with Crippen molar-refractivity contribution in [3.63, 3.8) is 0 Å². The average molecular weight is 125 g/mol. The SMILES string of the molecule is C=C(C)[C-](C)CCCC. The van der Waals surface area contributed by atoms with Gasteiger partial charge in [-0.3, -0.25) is 0 Å². The van der Waals surface area contributed by atoms with E-state index in [1.165, 1.54) is 30.8 Å². The summed E-state index contributed by atoms with van der Waals surface area (Å²) in [5.74, 6) is 1.46. The zero-order chi connectivity index (χ0) is 7.28. The van der Waals surface area contributed by atoms with Crippen molar-refractivity contribution in [2.24, 2.45) is 0 Å². The number of allylic oxidation sites excluding steroid dienone is 1. The van der Waals surface area contributed by atoms with Gasteiger partial charge in [-0.25, -0.2) is 18.1 Å². The van der Waals surface area contributed by atoms with Crippen LogP contribution in [0, 0.1) is 5.92 Å². The smallest absolute Gasteiger partial charge is 0.0573 e. The number of hydrogen-bond donors (Lipinski definition) is 0. The standard InChI is InChI=1S/C9H17/c1-5-6-7-9(4)8(2)3/h2,5-7H2,1,3-4H3/q-1. The second-order valence-corrected chi connectivity index (χ2v) is 2.66. The summed E-state index contributed by atoms with van der Waals surface area (Å²) in [6.07, 6.45) is 3.81. The fraction of sp³-hybridized carbons (Fsp3) is 0.667. The van der Waals surface area contributed by atoms with Crippen molar-refractivity contribution in [3.05, 3.63) is 18.1 Å². The lowest BCUT2D eigenvalue weighted by Gasteiger charge is -2.19. The van der Waals surface area contributed by atoms with Crippen molar-refractivity contribution in [3.8, 4) is 0 Å². The Bertz CT molecular complexity index is 82.0. The largest absolute Gasteiger partial charge is 0.242 e. The summed E-state index contributed by atoms with van der Waals surface area (Å²) in [4.78, 5) is 0. The van der Waals surface area contributed by atoms with E-state index in [1.54, 1.807) is 0 Å². The van der Waals surface area contributed by atoms with Crippen LogP contribution < -0.4 is 0 Å². The third-order valence-corrected chi connectivity index (χ3v) is 1.63. The van der Waals surface area contributed by atoms with Gasteiger partial charge < -0.3 is 0 Å². The maximum Gasteiger partial charge on any atom is -0.0573 e. The molecule has 0 aliphatic heterocycles. The Kier molecular flexibility index (Phi) is 4.29. The van der Waals surface area contributed by atoms with Crippen molar-refractivity contribution in [2.45, 2.75) is 40.0 Å². The molecule has 0 aromatic rings. The lowest BCUT2D eigenvalue weighted by Crippen LogP contribution is -1.90. The highest BCUT2D eigenvalue weighted by Crippen LogP contribution is 2.16. The first-order valence-electron chi connectivity index (χ1n) is 3.66. The van der Waals surface area contributed by atoms with Crippen LogP contribution in [-0.4, -0.2) is 0 Å². The van der Waals surface area contributed by atoms with Gasteiger partial charge in [-0.05, 0) is 0 Å². The average Bonchev–Trinajstić information content (AvgIpc) is 1.82. The van der Waals surface area contributed by atoms with Gasteiger partial charge in [-0.2, -0.15) is 0 Å². The van der Waals surface area contributed by atoms with Gasteiger partial charge >= 0.3 is 0 Å². The minimum absolute atomic E-state index is 1.23. The van der Waals surface area contributed by atoms with E-state index in [-0.39, 0.29) is 0 Å². The Morgan fingerprint density at radius 2 is 2.11 bits per heavy atom. The molecule has 0 N–H and O–H groups in total. The van der Waals surface area contributed by atoms with Crippen molar-refractivity contribution in [1.82, 2.24) is 0 Å². The van der Waals surface area contributed by atoms with Crippen LogP contribution in [0.25, 0.3) is 0 Å². The summed E-state index contributed by atoms with van der Waals surface area (Å²) in [5.41, 5.74) is 1.24. The summed E-state index contributed by atoms with van der Waals surface area (Å²) >= 11 is 0. The molecule has 0 aromatic heterocycles. The van der Waals surface area contributed by atoms with E-state index in [4.69, 9.17) is 0 Å². The number of unbranched alkanes of at least 4 members (excludes halogenated alkanes) is 1. The van der Waals surface area contributed by atoms with Crippen molar-refractivity contribution in [1.29, 1.82) is 0 Å². The number of rotatable bonds is 4. The van der Waals surface area contributed by atoms with Crippen LogP contribution in [0.1, 0.15) is 40.0 Å². The topological polar surface area (TPSA) is 0 Å². The first-order valence-corrected chi connectivity index (χ1v) is 3.66. The summed E-state index contributed by atoms with van der Waals surface area (Å²) in [6, 6.07) is 0. The maximum atomic E-state index is 3.87. The first-order chi connectivity index (χ1) is 4.18. The second-order valence-electron chi connectivity index (χ2n) is 2.66. The van der Waals surface area contributed by atoms with E-state index in [0.29, 0.717) is 0 Å². The summed E-state index contributed by atoms with van der Waals surface area (Å²) in [5, 5.41) is 0. The lowest BCUT2D eigenvalue weighted by atomic mass is 9.98. The summed E-state index contributed by atoms with van der Waals surface area (Å²) < 4.78 is 0. The highest BCUT2D eigenvalue weighted by molar-refractivity contribution is 5.14. The van der Waals surface area contributed by atoms with Crippen LogP contribution in [0.5, 0.6) is 0 Å². The molecule has 0 radical (unpaired) electrons. The van der Waals surface area contributed by atoms with Gasteiger partial charge in [0.25, 0.3) is 0 Å². The van der Waals surface area contributed by atoms with E-state index in [9.17, 15) is 0 Å². The zero-order valence-corrected chi connectivity index (χ0v) is 6.83. The minimum atomic E-state index is 1.23. The molecule has 0 atom stereocenters. The van der Waals surface area contributed by atoms with E-state index in [2.05, 4.69) is 27.4 Å². The molecule has 0 rings (SSSR count). The van der Waals surface area contributed by atoms with Crippen LogP contribution in [0.15, 0.2) is 12.2 Å². The quantitative estimate of drug-likeness (QED) is 0.505. The lowest BCUT2D eigenvalue weighted by molar-refractivity contribution is 0.739. The van der Waals surface area contributed by atoms with Gasteiger partial charge in [0.1, 0.15) is 0 Å². The molecule has 0 aliphatic rings. The van der Waals surface area contributed by atoms with Gasteiger partial charge in [-0.15, -0.1) is 6.92 Å². The molecular formula is C9H17-. The van der Waals surface area contributed by atoms with Crippen LogP contribution in [0.2, 0.25) is 0 Å². The predicted octanol–water partition coefficient (Wildman–Crippen LogP) is 3.35. The third-order valence-electron chi connectivity index (χ3n) is 1.63. The summed E-state index contributed by atoms with van der Waals surface area (Å²) in [6.45, 7) is 10.3. The third kappa shape index (κ3) is 4.14. The van der Waals surface area contributed by atoms with Crippen LogP contribution in [0.3, 0.4) is 0 Å². The molecule has 0 heteroatoms. The fourth-order valence-electron chi connectivity index (χ4n) is 0.655. The van der Waals surface area contributed by atoms with Gasteiger partial charge in [0.05, 0.1) is 0 Å². The Morgan fingerprint density at radius 1 is 1.56 bits per heavy atom. The molecule has 0 saturated carbocycles. The van der Waals surface area contributed by atoms with Crippen molar-refractivity contribution >= 4 is 0 Å². The number of hydrogen-bond acceptors (Lipinski definition) is 0. The van der Waals surface area contributed by atoms with Gasteiger partial charge in [-0.1, -0.05) is 33.1 Å². The molecule has 0 unspecified atom stereocenters. The Hall–Kier alpha value is -0.390. The molecule has 0 bridgehead atoms. The molecule has 0 amide bonds. The maximum absolute atomic E-state index is 3.87. The van der Waals surface area contributed by atoms with E-state index in [1.807, 2.05) is 0 Å². The van der Waals surface area contributed by atoms with E-state index < -0.39 is 0 Å². The minimum Gasteiger partial charge on any atom is -0.242 e. The molecule has 0 heterocycles. The second kappa shape index (κ2) is 4.49. The Morgan fingerprint density at radius 3 is 2.44 bits per heavy atom. The molecule has 0 fully saturated rings. The van der Waals surface area contributed by atoms with Crippen LogP contribution in [-0.2, 0) is 0 Å². The molecule has 0 nitrogen and oxygen atoms in total.